The number of phenolic OH excluding ortho intramolecular Hbond substituents is 1. The zero-order valence-electron chi connectivity index (χ0n) is 14.5. The van der Waals surface area contributed by atoms with Gasteiger partial charge in [0.15, 0.2) is 0 Å². The normalized spacial score (nSPS) is 35.9. The Bertz CT molecular complexity index is 1040. The van der Waals surface area contributed by atoms with E-state index in [0.29, 0.717) is 17.4 Å². The van der Waals surface area contributed by atoms with Gasteiger partial charge in [0.05, 0.1) is 18.1 Å². The molecule has 5 heteroatoms. The Morgan fingerprint density at radius 1 is 0.963 bits per heavy atom. The van der Waals surface area contributed by atoms with Gasteiger partial charge in [-0.2, -0.15) is 10.1 Å². The molecule has 0 aromatic heterocycles. The first-order valence-electron chi connectivity index (χ1n) is 9.46. The monoisotopic (exact) mass is 358 g/mol. The number of amides is 2. The smallest absolute Gasteiger partial charge is 0.254 e. The van der Waals surface area contributed by atoms with Gasteiger partial charge in [-0.3, -0.25) is 9.59 Å². The summed E-state index contributed by atoms with van der Waals surface area (Å²) in [6.45, 7) is 0. The van der Waals surface area contributed by atoms with Crippen molar-refractivity contribution in [3.63, 3.8) is 0 Å². The minimum Gasteiger partial charge on any atom is -0.507 e. The van der Waals surface area contributed by atoms with Crippen LogP contribution in [0.1, 0.15) is 12.0 Å². The zero-order chi connectivity index (χ0) is 18.3. The van der Waals surface area contributed by atoms with E-state index in [1.165, 1.54) is 6.21 Å². The summed E-state index contributed by atoms with van der Waals surface area (Å²) in [5.74, 6) is 0.714. The summed E-state index contributed by atoms with van der Waals surface area (Å²) in [6, 6.07) is 11.1. The molecule has 1 saturated heterocycles. The van der Waals surface area contributed by atoms with Crippen LogP contribution in [0.3, 0.4) is 0 Å². The lowest BCUT2D eigenvalue weighted by Crippen LogP contribution is -2.40. The summed E-state index contributed by atoms with van der Waals surface area (Å²) in [5.41, 5.74) is 0.521. The first-order valence-corrected chi connectivity index (χ1v) is 9.46. The molecule has 7 rings (SSSR count). The summed E-state index contributed by atoms with van der Waals surface area (Å²) in [7, 11) is 0. The van der Waals surface area contributed by atoms with Gasteiger partial charge in [0.25, 0.3) is 11.8 Å². The lowest BCUT2D eigenvalue weighted by molar-refractivity contribution is -0.140. The number of hydrazone groups is 1. The number of phenols is 1. The number of fused-ring (bicyclic) bond motifs is 1. The molecule has 1 N–H and O–H groups in total. The largest absolute Gasteiger partial charge is 0.507 e. The third-order valence-electron chi connectivity index (χ3n) is 6.89. The maximum atomic E-state index is 13.0. The first-order chi connectivity index (χ1) is 13.1. The minimum absolute atomic E-state index is 0.0805. The molecule has 2 aromatic carbocycles. The molecule has 2 aromatic rings. The van der Waals surface area contributed by atoms with E-state index in [-0.39, 0.29) is 41.2 Å². The Morgan fingerprint density at radius 2 is 1.63 bits per heavy atom. The van der Waals surface area contributed by atoms with E-state index < -0.39 is 0 Å². The highest BCUT2D eigenvalue weighted by atomic mass is 16.3. The Hall–Kier alpha value is -2.95. The van der Waals surface area contributed by atoms with Crippen LogP contribution < -0.4 is 0 Å². The molecule has 0 unspecified atom stereocenters. The van der Waals surface area contributed by atoms with Crippen molar-refractivity contribution >= 4 is 28.8 Å². The molecular weight excluding hydrogens is 340 g/mol. The number of carbonyl (C=O) groups excluding carboxylic acids is 2. The molecule has 4 aliphatic carbocycles. The van der Waals surface area contributed by atoms with Crippen LogP contribution in [0, 0.1) is 35.5 Å². The molecular formula is C22H18N2O3. The lowest BCUT2D eigenvalue weighted by atomic mass is 9.63. The molecule has 1 aliphatic heterocycles. The van der Waals surface area contributed by atoms with Crippen molar-refractivity contribution in [3.05, 3.63) is 54.1 Å². The molecule has 27 heavy (non-hydrogen) atoms. The van der Waals surface area contributed by atoms with Gasteiger partial charge < -0.3 is 5.11 Å². The van der Waals surface area contributed by atoms with Gasteiger partial charge in [-0.25, -0.2) is 0 Å². The topological polar surface area (TPSA) is 70.0 Å². The highest BCUT2D eigenvalue weighted by Gasteiger charge is 2.67. The van der Waals surface area contributed by atoms with Crippen molar-refractivity contribution < 1.29 is 14.7 Å². The maximum absolute atomic E-state index is 13.0. The number of benzene rings is 2. The fourth-order valence-electron chi connectivity index (χ4n) is 5.59. The van der Waals surface area contributed by atoms with E-state index in [1.54, 1.807) is 6.07 Å². The van der Waals surface area contributed by atoms with Crippen LogP contribution in [0.15, 0.2) is 53.7 Å². The van der Waals surface area contributed by atoms with E-state index in [4.69, 9.17) is 0 Å². The van der Waals surface area contributed by atoms with E-state index in [0.717, 1.165) is 22.2 Å². The molecule has 0 spiro atoms. The van der Waals surface area contributed by atoms with Crippen LogP contribution in [-0.2, 0) is 9.59 Å². The molecule has 1 heterocycles. The van der Waals surface area contributed by atoms with E-state index >= 15 is 0 Å². The van der Waals surface area contributed by atoms with Gasteiger partial charge in [-0.1, -0.05) is 42.5 Å². The summed E-state index contributed by atoms with van der Waals surface area (Å²) < 4.78 is 0. The Kier molecular flexibility index (Phi) is 2.84. The number of hydrogen-bond acceptors (Lipinski definition) is 4. The van der Waals surface area contributed by atoms with Crippen LogP contribution in [0.25, 0.3) is 10.8 Å². The third kappa shape index (κ3) is 1.91. The molecule has 5 nitrogen and oxygen atoms in total. The fourth-order valence-corrected chi connectivity index (χ4v) is 5.59. The fraction of sp³-hybridized carbons (Fsp3) is 0.318. The molecule has 2 bridgehead atoms. The Morgan fingerprint density at radius 3 is 2.33 bits per heavy atom. The van der Waals surface area contributed by atoms with Crippen molar-refractivity contribution in [2.45, 2.75) is 6.42 Å². The molecule has 6 atom stereocenters. The van der Waals surface area contributed by atoms with Gasteiger partial charge >= 0.3 is 0 Å². The number of imide groups is 1. The number of carbonyl (C=O) groups is 2. The van der Waals surface area contributed by atoms with Gasteiger partial charge in [-0.15, -0.1) is 0 Å². The van der Waals surface area contributed by atoms with Crippen LogP contribution in [0.4, 0.5) is 0 Å². The van der Waals surface area contributed by atoms with Crippen molar-refractivity contribution in [1.82, 2.24) is 5.01 Å². The van der Waals surface area contributed by atoms with Crippen molar-refractivity contribution in [1.29, 1.82) is 0 Å². The first kappa shape index (κ1) is 15.1. The highest BCUT2D eigenvalue weighted by molar-refractivity contribution is 6.08. The highest BCUT2D eigenvalue weighted by Crippen LogP contribution is 2.65. The third-order valence-corrected chi connectivity index (χ3v) is 6.89. The quantitative estimate of drug-likeness (QED) is 0.510. The Labute approximate surface area is 156 Å². The van der Waals surface area contributed by atoms with Crippen LogP contribution in [-0.4, -0.2) is 28.1 Å². The number of hydrogen-bond donors (Lipinski definition) is 1. The standard InChI is InChI=1S/C22H18N2O3/c25-18-8-5-11-3-1-2-4-12(11)17(18)10-23-24-21(26)19-13-6-7-14(16-9-15(13)16)20(19)22(24)27/h1-8,10,13-16,19-20,25H,9H2/b23-10+/t13-,14-,15-,16-,19+,20+/m1/s1. The van der Waals surface area contributed by atoms with Gasteiger partial charge in [0.1, 0.15) is 5.75 Å². The average Bonchev–Trinajstić information content (AvgIpc) is 3.47. The summed E-state index contributed by atoms with van der Waals surface area (Å²) in [6.07, 6.45) is 6.88. The minimum atomic E-state index is -0.255. The second-order valence-corrected chi connectivity index (χ2v) is 8.11. The molecule has 134 valence electrons. The maximum Gasteiger partial charge on any atom is 0.254 e. The van der Waals surface area contributed by atoms with E-state index in [1.807, 2.05) is 30.3 Å². The summed E-state index contributed by atoms with van der Waals surface area (Å²) >= 11 is 0. The van der Waals surface area contributed by atoms with Crippen LogP contribution in [0.2, 0.25) is 0 Å². The second-order valence-electron chi connectivity index (χ2n) is 8.11. The van der Waals surface area contributed by atoms with Crippen molar-refractivity contribution in [2.75, 3.05) is 0 Å². The summed E-state index contributed by atoms with van der Waals surface area (Å²) in [4.78, 5) is 25.9. The average molecular weight is 358 g/mol. The predicted molar refractivity (Wildman–Crippen MR) is 99.8 cm³/mol. The lowest BCUT2D eigenvalue weighted by Gasteiger charge is -2.37. The number of aromatic hydroxyl groups is 1. The SMILES string of the molecule is O=C1[C@H]2[C@@H]3C=C[C@H]([C@H]4C[C@H]34)[C@@H]2C(=O)N1/N=C/c1c(O)ccc2ccccc12. The van der Waals surface area contributed by atoms with E-state index in [9.17, 15) is 14.7 Å². The van der Waals surface area contributed by atoms with E-state index in [2.05, 4.69) is 17.3 Å². The summed E-state index contributed by atoms with van der Waals surface area (Å²) in [5, 5.41) is 17.4. The van der Waals surface area contributed by atoms with Crippen LogP contribution >= 0.6 is 0 Å². The molecule has 3 fully saturated rings. The molecule has 2 saturated carbocycles. The van der Waals surface area contributed by atoms with Crippen molar-refractivity contribution in [3.8, 4) is 5.75 Å². The second kappa shape index (κ2) is 5.06. The van der Waals surface area contributed by atoms with Gasteiger partial charge in [0.2, 0.25) is 0 Å². The zero-order valence-corrected chi connectivity index (χ0v) is 14.5. The van der Waals surface area contributed by atoms with Gasteiger partial charge in [-0.05, 0) is 46.9 Å². The molecule has 2 amide bonds. The Balaban J connectivity index is 1.38. The van der Waals surface area contributed by atoms with Crippen molar-refractivity contribution in [2.24, 2.45) is 40.6 Å². The number of allylic oxidation sites excluding steroid dienone is 2. The van der Waals surface area contributed by atoms with Gasteiger partial charge in [0, 0.05) is 5.56 Å². The predicted octanol–water partition coefficient (Wildman–Crippen LogP) is 2.93. The number of nitrogens with zero attached hydrogens (tertiary/aromatic N) is 2. The number of rotatable bonds is 2. The molecule has 0 radical (unpaired) electrons. The van der Waals surface area contributed by atoms with Crippen LogP contribution in [0.5, 0.6) is 5.75 Å². The molecule has 5 aliphatic rings.